The minimum Gasteiger partial charge on any atom is -0.350 e. The maximum absolute atomic E-state index is 12.7. The van der Waals surface area contributed by atoms with Crippen LogP contribution in [0.1, 0.15) is 29.4 Å². The zero-order valence-electron chi connectivity index (χ0n) is 13.5. The Morgan fingerprint density at radius 2 is 2.12 bits per heavy atom. The van der Waals surface area contributed by atoms with Crippen molar-refractivity contribution in [1.82, 2.24) is 10.2 Å². The third-order valence-electron chi connectivity index (χ3n) is 4.32. The number of thiophene rings is 1. The molecule has 0 bridgehead atoms. The maximum Gasteiger partial charge on any atom is 0.262 e. The van der Waals surface area contributed by atoms with Gasteiger partial charge in [-0.05, 0) is 47.8 Å². The molecular formula is C16H21BrN2O4S. The van der Waals surface area contributed by atoms with E-state index in [0.29, 0.717) is 31.2 Å². The zero-order chi connectivity index (χ0) is 17.1. The lowest BCUT2D eigenvalue weighted by Gasteiger charge is -2.36. The molecule has 0 radical (unpaired) electrons. The van der Waals surface area contributed by atoms with Gasteiger partial charge in [0.25, 0.3) is 5.91 Å². The van der Waals surface area contributed by atoms with Crippen molar-refractivity contribution >= 4 is 39.1 Å². The van der Waals surface area contributed by atoms with Crippen LogP contribution in [-0.4, -0.2) is 55.3 Å². The summed E-state index contributed by atoms with van der Waals surface area (Å²) < 4.78 is 12.0. The van der Waals surface area contributed by atoms with Crippen LogP contribution in [-0.2, 0) is 14.3 Å². The number of halogens is 1. The highest BCUT2D eigenvalue weighted by Gasteiger charge is 2.34. The number of carbonyl (C=O) groups is 2. The molecule has 2 unspecified atom stereocenters. The maximum atomic E-state index is 12.7. The third kappa shape index (κ3) is 4.17. The van der Waals surface area contributed by atoms with E-state index in [0.717, 1.165) is 16.6 Å². The third-order valence-corrected chi connectivity index (χ3v) is 5.94. The molecule has 2 saturated heterocycles. The molecule has 1 N–H and O–H groups in total. The number of rotatable bonds is 4. The normalized spacial score (nSPS) is 23.2. The first kappa shape index (κ1) is 17.8. The molecule has 3 rings (SSSR count). The van der Waals surface area contributed by atoms with Crippen molar-refractivity contribution in [1.29, 1.82) is 0 Å². The molecule has 2 aliphatic heterocycles. The highest BCUT2D eigenvalue weighted by Crippen LogP contribution is 2.25. The lowest BCUT2D eigenvalue weighted by Crippen LogP contribution is -2.51. The van der Waals surface area contributed by atoms with Gasteiger partial charge in [0.05, 0.1) is 21.9 Å². The number of amides is 2. The molecule has 2 atom stereocenters. The largest absolute Gasteiger partial charge is 0.350 e. The number of nitrogens with one attached hydrogen (secondary N) is 1. The van der Waals surface area contributed by atoms with Gasteiger partial charge < -0.3 is 19.7 Å². The fourth-order valence-electron chi connectivity index (χ4n) is 3.12. The number of carbonyl (C=O) groups excluding carboxylic acids is 2. The van der Waals surface area contributed by atoms with E-state index < -0.39 is 6.04 Å². The van der Waals surface area contributed by atoms with Crippen LogP contribution in [0.2, 0.25) is 0 Å². The summed E-state index contributed by atoms with van der Waals surface area (Å²) in [6.07, 6.45) is 1.73. The average Bonchev–Trinajstić information content (AvgIpc) is 3.25. The van der Waals surface area contributed by atoms with E-state index in [9.17, 15) is 9.59 Å². The molecule has 0 aliphatic carbocycles. The Labute approximate surface area is 153 Å². The highest BCUT2D eigenvalue weighted by molar-refractivity contribution is 9.11. The molecule has 1 aromatic rings. The number of nitrogens with zero attached hydrogens (tertiary/aromatic N) is 1. The predicted molar refractivity (Wildman–Crippen MR) is 93.9 cm³/mol. The first-order valence-corrected chi connectivity index (χ1v) is 9.74. The Morgan fingerprint density at radius 1 is 1.38 bits per heavy atom. The summed E-state index contributed by atoms with van der Waals surface area (Å²) in [7, 11) is 0. The van der Waals surface area contributed by atoms with E-state index >= 15 is 0 Å². The molecule has 0 aromatic carbocycles. The molecule has 0 spiro atoms. The fourth-order valence-corrected chi connectivity index (χ4v) is 4.41. The first-order valence-electron chi connectivity index (χ1n) is 8.13. The van der Waals surface area contributed by atoms with Gasteiger partial charge in [-0.3, -0.25) is 9.59 Å². The number of hydrogen-bond donors (Lipinski definition) is 1. The molecule has 3 heterocycles. The van der Waals surface area contributed by atoms with Gasteiger partial charge >= 0.3 is 0 Å². The standard InChI is InChI=1S/C16H21BrN2O4S/c1-10(18-14(20)12-4-5-13(17)24-12)15(21)19-6-2-3-11(9-19)16-22-7-8-23-16/h4-5,10-11,16H,2-3,6-9H2,1H3,(H,18,20). The van der Waals surface area contributed by atoms with Crippen molar-refractivity contribution in [2.75, 3.05) is 26.3 Å². The molecule has 0 saturated carbocycles. The molecular weight excluding hydrogens is 396 g/mol. The monoisotopic (exact) mass is 416 g/mol. The Kier molecular flexibility index (Phi) is 5.91. The van der Waals surface area contributed by atoms with Crippen LogP contribution in [0.3, 0.4) is 0 Å². The second-order valence-electron chi connectivity index (χ2n) is 6.10. The molecule has 6 nitrogen and oxygen atoms in total. The second kappa shape index (κ2) is 7.95. The molecule has 2 aliphatic rings. The topological polar surface area (TPSA) is 67.9 Å². The summed E-state index contributed by atoms with van der Waals surface area (Å²) in [6, 6.07) is 3.01. The van der Waals surface area contributed by atoms with Gasteiger partial charge in [0, 0.05) is 19.0 Å². The van der Waals surface area contributed by atoms with Crippen LogP contribution >= 0.6 is 27.3 Å². The summed E-state index contributed by atoms with van der Waals surface area (Å²) in [5.74, 6) is -0.0643. The van der Waals surface area contributed by atoms with Gasteiger partial charge in [0.1, 0.15) is 6.04 Å². The van der Waals surface area contributed by atoms with Crippen molar-refractivity contribution in [2.45, 2.75) is 32.1 Å². The summed E-state index contributed by atoms with van der Waals surface area (Å²) in [5, 5.41) is 2.79. The number of ether oxygens (including phenoxy) is 2. The molecule has 24 heavy (non-hydrogen) atoms. The number of hydrogen-bond acceptors (Lipinski definition) is 5. The van der Waals surface area contributed by atoms with Crippen LogP contribution in [0.15, 0.2) is 15.9 Å². The molecule has 1 aromatic heterocycles. The van der Waals surface area contributed by atoms with E-state index in [4.69, 9.17) is 9.47 Å². The van der Waals surface area contributed by atoms with Gasteiger partial charge in [-0.2, -0.15) is 0 Å². The van der Waals surface area contributed by atoms with Crippen molar-refractivity contribution in [3.8, 4) is 0 Å². The van der Waals surface area contributed by atoms with Crippen molar-refractivity contribution in [3.05, 3.63) is 20.8 Å². The van der Waals surface area contributed by atoms with Gasteiger partial charge in [0.2, 0.25) is 5.91 Å². The van der Waals surface area contributed by atoms with Crippen molar-refractivity contribution < 1.29 is 19.1 Å². The van der Waals surface area contributed by atoms with Gasteiger partial charge in [-0.1, -0.05) is 0 Å². The van der Waals surface area contributed by atoms with E-state index in [2.05, 4.69) is 21.2 Å². The fraction of sp³-hybridized carbons (Fsp3) is 0.625. The van der Waals surface area contributed by atoms with Crippen LogP contribution < -0.4 is 5.32 Å². The summed E-state index contributed by atoms with van der Waals surface area (Å²) in [4.78, 5) is 27.3. The van der Waals surface area contributed by atoms with Crippen LogP contribution in [0.5, 0.6) is 0 Å². The van der Waals surface area contributed by atoms with Crippen molar-refractivity contribution in [3.63, 3.8) is 0 Å². The van der Waals surface area contributed by atoms with Crippen molar-refractivity contribution in [2.24, 2.45) is 5.92 Å². The van der Waals surface area contributed by atoms with Crippen LogP contribution in [0.4, 0.5) is 0 Å². The molecule has 2 fully saturated rings. The SMILES string of the molecule is CC(NC(=O)c1ccc(Br)s1)C(=O)N1CCCC(C2OCCO2)C1. The molecule has 132 valence electrons. The molecule has 2 amide bonds. The van der Waals surface area contributed by atoms with Crippen LogP contribution in [0.25, 0.3) is 0 Å². The first-order chi connectivity index (χ1) is 11.5. The minimum atomic E-state index is -0.553. The second-order valence-corrected chi connectivity index (χ2v) is 8.56. The van der Waals surface area contributed by atoms with E-state index in [1.54, 1.807) is 13.0 Å². The zero-order valence-corrected chi connectivity index (χ0v) is 15.9. The quantitative estimate of drug-likeness (QED) is 0.816. The van der Waals surface area contributed by atoms with Gasteiger partial charge in [0.15, 0.2) is 6.29 Å². The lowest BCUT2D eigenvalue weighted by molar-refractivity contribution is -0.140. The lowest BCUT2D eigenvalue weighted by atomic mass is 9.97. The van der Waals surface area contributed by atoms with Crippen LogP contribution in [0, 0.1) is 5.92 Å². The average molecular weight is 417 g/mol. The summed E-state index contributed by atoms with van der Waals surface area (Å²) >= 11 is 4.69. The Hall–Kier alpha value is -0.960. The van der Waals surface area contributed by atoms with Gasteiger partial charge in [-0.15, -0.1) is 11.3 Å². The van der Waals surface area contributed by atoms with E-state index in [1.165, 1.54) is 11.3 Å². The highest BCUT2D eigenvalue weighted by atomic mass is 79.9. The Morgan fingerprint density at radius 3 is 2.79 bits per heavy atom. The summed E-state index contributed by atoms with van der Waals surface area (Å²) in [5.41, 5.74) is 0. The predicted octanol–water partition coefficient (Wildman–Crippen LogP) is 2.24. The van der Waals surface area contributed by atoms with E-state index in [-0.39, 0.29) is 24.0 Å². The Balaban J connectivity index is 1.55. The van der Waals surface area contributed by atoms with E-state index in [1.807, 2.05) is 11.0 Å². The smallest absolute Gasteiger partial charge is 0.262 e. The summed E-state index contributed by atoms with van der Waals surface area (Å²) in [6.45, 7) is 4.31. The van der Waals surface area contributed by atoms with Gasteiger partial charge in [-0.25, -0.2) is 0 Å². The Bertz CT molecular complexity index is 603. The molecule has 8 heteroatoms. The number of piperidine rings is 1. The minimum absolute atomic E-state index is 0.0540. The number of likely N-dealkylation sites (tertiary alicyclic amines) is 1.